The van der Waals surface area contributed by atoms with Gasteiger partial charge in [0.2, 0.25) is 6.71 Å². The minimum absolute atomic E-state index is 0.0596. The van der Waals surface area contributed by atoms with Crippen LogP contribution in [0.1, 0.15) is 176 Å². The first kappa shape index (κ1) is 38.1. The molecule has 0 saturated carbocycles. The summed E-state index contributed by atoms with van der Waals surface area (Å²) in [6.45, 7) is 36.7. The van der Waals surface area contributed by atoms with Crippen molar-refractivity contribution in [3.8, 4) is 11.1 Å². The Kier molecular flexibility index (Phi) is 8.53. The van der Waals surface area contributed by atoms with Gasteiger partial charge in [0, 0.05) is 11.8 Å². The maximum Gasteiger partial charge on any atom is 0.242 e. The highest BCUT2D eigenvalue weighted by Gasteiger charge is 2.47. The highest BCUT2D eigenvalue weighted by atomic mass is 14.5. The Morgan fingerprint density at radius 3 is 1.73 bits per heavy atom. The predicted octanol–water partition coefficient (Wildman–Crippen LogP) is 12.3. The molecule has 8 rings (SSSR count). The number of hydrogen-bond donors (Lipinski definition) is 0. The Bertz CT molecular complexity index is 2360. The molecule has 0 amide bonds. The number of hydrogen-bond acceptors (Lipinski definition) is 0. The largest absolute Gasteiger partial charge is 0.242 e. The second kappa shape index (κ2) is 12.3. The normalized spacial score (nSPS) is 20.4. The van der Waals surface area contributed by atoms with Gasteiger partial charge in [-0.25, -0.2) is 0 Å². The lowest BCUT2D eigenvalue weighted by atomic mass is 9.31. The van der Waals surface area contributed by atoms with E-state index in [9.17, 15) is 0 Å². The van der Waals surface area contributed by atoms with E-state index in [-0.39, 0.29) is 39.7 Å². The number of aryl methyl sites for hydroxylation is 2. The Hall–Kier alpha value is -3.84. The van der Waals surface area contributed by atoms with Gasteiger partial charge in [-0.2, -0.15) is 0 Å². The van der Waals surface area contributed by atoms with Gasteiger partial charge < -0.3 is 0 Å². The van der Waals surface area contributed by atoms with Crippen LogP contribution in [0.3, 0.4) is 0 Å². The molecule has 3 aliphatic rings. The molecule has 55 heavy (non-hydrogen) atoms. The molecule has 2 atom stereocenters. The smallest absolute Gasteiger partial charge is 0.0646 e. The van der Waals surface area contributed by atoms with Gasteiger partial charge in [0.25, 0.3) is 0 Å². The Morgan fingerprint density at radius 2 is 1.15 bits per heavy atom. The number of rotatable bonds is 4. The van der Waals surface area contributed by atoms with E-state index >= 15 is 0 Å². The molecule has 0 N–H and O–H groups in total. The zero-order valence-electron chi connectivity index (χ0n) is 36.7. The maximum absolute atomic E-state index is 2.72. The van der Waals surface area contributed by atoms with Crippen LogP contribution in [0.25, 0.3) is 11.1 Å². The molecule has 1 heteroatoms. The summed E-state index contributed by atoms with van der Waals surface area (Å²) in [5.41, 5.74) is 24.1. The first-order valence-electron chi connectivity index (χ1n) is 21.2. The van der Waals surface area contributed by atoms with Crippen LogP contribution in [0.15, 0.2) is 84.9 Å². The number of benzene rings is 5. The number of fused-ring (bicyclic) bond motifs is 4. The molecule has 0 radical (unpaired) electrons. The van der Waals surface area contributed by atoms with Gasteiger partial charge in [-0.05, 0) is 115 Å². The highest BCUT2D eigenvalue weighted by Crippen LogP contribution is 2.52. The highest BCUT2D eigenvalue weighted by molar-refractivity contribution is 6.97. The van der Waals surface area contributed by atoms with Crippen LogP contribution in [0, 0.1) is 13.8 Å². The van der Waals surface area contributed by atoms with Crippen molar-refractivity contribution in [1.82, 2.24) is 0 Å². The standard InChI is InChI=1S/C54H65B/c1-32-23-33(2)49-41(24-32)35(4)40-27-44-46(54(14,15)31-52(44,10)11)29-48(40)55(49)47-28-45-43(51(8,9)30-53(45,12)13)26-39(47)34(3)38-22-21-37(50(5,6)7)25-42(38)36-19-17-16-18-20-36/h16-29,34-35H,30-31H2,1-15H3. The van der Waals surface area contributed by atoms with E-state index < -0.39 is 0 Å². The molecule has 1 heterocycles. The molecule has 5 aromatic carbocycles. The van der Waals surface area contributed by atoms with E-state index in [0.717, 1.165) is 6.42 Å². The van der Waals surface area contributed by atoms with Crippen LogP contribution in [0.4, 0.5) is 0 Å². The topological polar surface area (TPSA) is 0 Å². The van der Waals surface area contributed by atoms with E-state index in [1.807, 2.05) is 0 Å². The van der Waals surface area contributed by atoms with Crippen molar-refractivity contribution in [2.75, 3.05) is 0 Å². The van der Waals surface area contributed by atoms with E-state index in [1.54, 1.807) is 16.7 Å². The SMILES string of the molecule is Cc1cc(C)c2c(c1)C(C)c1cc3c(cc1B2c1cc2c(cc1C(C)c1ccc(C(C)(C)C)cc1-c1ccccc1)C(C)(C)CC2(C)C)C(C)(C)CC3(C)C. The van der Waals surface area contributed by atoms with Crippen molar-refractivity contribution < 1.29 is 0 Å². The first-order chi connectivity index (χ1) is 25.5. The summed E-state index contributed by atoms with van der Waals surface area (Å²) >= 11 is 0. The summed E-state index contributed by atoms with van der Waals surface area (Å²) in [4.78, 5) is 0. The molecule has 0 spiro atoms. The second-order valence-electron chi connectivity index (χ2n) is 21.8. The van der Waals surface area contributed by atoms with Crippen LogP contribution in [0.5, 0.6) is 0 Å². The summed E-state index contributed by atoms with van der Waals surface area (Å²) in [6.07, 6.45) is 2.34. The maximum atomic E-state index is 2.72. The predicted molar refractivity (Wildman–Crippen MR) is 240 cm³/mol. The van der Waals surface area contributed by atoms with Crippen LogP contribution in [-0.2, 0) is 27.1 Å². The molecular formula is C54H65B. The fraction of sp³-hybridized carbons (Fsp3) is 0.444. The third-order valence-electron chi connectivity index (χ3n) is 14.5. The van der Waals surface area contributed by atoms with E-state index in [1.165, 1.54) is 78.4 Å². The van der Waals surface area contributed by atoms with Gasteiger partial charge in [0.15, 0.2) is 0 Å². The molecule has 0 bridgehead atoms. The molecule has 0 fully saturated rings. The molecule has 5 aromatic rings. The molecule has 2 aliphatic carbocycles. The zero-order valence-corrected chi connectivity index (χ0v) is 36.7. The average molecular weight is 725 g/mol. The lowest BCUT2D eigenvalue weighted by Gasteiger charge is -2.37. The van der Waals surface area contributed by atoms with E-state index in [4.69, 9.17) is 0 Å². The van der Waals surface area contributed by atoms with Crippen molar-refractivity contribution >= 4 is 23.1 Å². The van der Waals surface area contributed by atoms with Crippen molar-refractivity contribution in [3.63, 3.8) is 0 Å². The Morgan fingerprint density at radius 1 is 0.600 bits per heavy atom. The molecule has 2 unspecified atom stereocenters. The summed E-state index contributed by atoms with van der Waals surface area (Å²) in [7, 11) is 0. The second-order valence-corrected chi connectivity index (χ2v) is 21.8. The third-order valence-corrected chi connectivity index (χ3v) is 14.5. The van der Waals surface area contributed by atoms with Crippen LogP contribution < -0.4 is 16.4 Å². The monoisotopic (exact) mass is 725 g/mol. The van der Waals surface area contributed by atoms with Gasteiger partial charge >= 0.3 is 0 Å². The quantitative estimate of drug-likeness (QED) is 0.162. The van der Waals surface area contributed by atoms with Gasteiger partial charge in [0.05, 0.1) is 0 Å². The van der Waals surface area contributed by atoms with Gasteiger partial charge in [-0.3, -0.25) is 0 Å². The summed E-state index contributed by atoms with van der Waals surface area (Å²) in [5, 5.41) is 0. The van der Waals surface area contributed by atoms with Crippen molar-refractivity contribution in [3.05, 3.63) is 146 Å². The Labute approximate surface area is 334 Å². The fourth-order valence-electron chi connectivity index (χ4n) is 12.2. The minimum Gasteiger partial charge on any atom is -0.0646 e. The minimum atomic E-state index is 0.0596. The van der Waals surface area contributed by atoms with Crippen LogP contribution >= 0.6 is 0 Å². The van der Waals surface area contributed by atoms with E-state index in [0.29, 0.717) is 5.92 Å². The van der Waals surface area contributed by atoms with E-state index in [2.05, 4.69) is 189 Å². The van der Waals surface area contributed by atoms with Gasteiger partial charge in [-0.15, -0.1) is 0 Å². The molecule has 0 aromatic heterocycles. The van der Waals surface area contributed by atoms with Crippen molar-refractivity contribution in [1.29, 1.82) is 0 Å². The van der Waals surface area contributed by atoms with Gasteiger partial charge in [-0.1, -0.05) is 202 Å². The summed E-state index contributed by atoms with van der Waals surface area (Å²) < 4.78 is 0. The van der Waals surface area contributed by atoms with Crippen molar-refractivity contribution in [2.45, 2.75) is 156 Å². The fourth-order valence-corrected chi connectivity index (χ4v) is 12.2. The molecule has 1 aliphatic heterocycles. The van der Waals surface area contributed by atoms with Crippen LogP contribution in [-0.4, -0.2) is 6.71 Å². The van der Waals surface area contributed by atoms with Gasteiger partial charge in [0.1, 0.15) is 0 Å². The average Bonchev–Trinajstić information content (AvgIpc) is 3.40. The molecule has 284 valence electrons. The summed E-state index contributed by atoms with van der Waals surface area (Å²) in [5.74, 6) is 0.524. The summed E-state index contributed by atoms with van der Waals surface area (Å²) in [6, 6.07) is 34.3. The Balaban J connectivity index is 1.47. The zero-order chi connectivity index (χ0) is 39.8. The lowest BCUT2D eigenvalue weighted by Crippen LogP contribution is -2.60. The van der Waals surface area contributed by atoms with Crippen LogP contribution in [0.2, 0.25) is 0 Å². The molecular weight excluding hydrogens is 659 g/mol. The third kappa shape index (κ3) is 6.01. The molecule has 0 nitrogen and oxygen atoms in total. The molecule has 0 saturated heterocycles. The first-order valence-corrected chi connectivity index (χ1v) is 21.2. The lowest BCUT2D eigenvalue weighted by molar-refractivity contribution is 0.402. The van der Waals surface area contributed by atoms with Crippen molar-refractivity contribution in [2.24, 2.45) is 0 Å².